The molecule has 0 saturated carbocycles. The van der Waals surface area contributed by atoms with Gasteiger partial charge in [0.2, 0.25) is 0 Å². The van der Waals surface area contributed by atoms with Crippen molar-refractivity contribution in [2.75, 3.05) is 12.0 Å². The monoisotopic (exact) mass is 296 g/mol. The fourth-order valence-electron chi connectivity index (χ4n) is 1.98. The van der Waals surface area contributed by atoms with E-state index in [1.165, 1.54) is 12.1 Å². The van der Waals surface area contributed by atoms with Crippen LogP contribution >= 0.6 is 0 Å². The van der Waals surface area contributed by atoms with Gasteiger partial charge >= 0.3 is 0 Å². The number of nitrogens with two attached hydrogens (primary N) is 1. The van der Waals surface area contributed by atoms with E-state index >= 15 is 0 Å². The van der Waals surface area contributed by atoms with Crippen molar-refractivity contribution >= 4 is 22.8 Å². The molecule has 0 spiro atoms. The van der Waals surface area contributed by atoms with Gasteiger partial charge in [0.1, 0.15) is 23.0 Å². The number of nitrogens with zero attached hydrogens (tertiary/aromatic N) is 4. The van der Waals surface area contributed by atoms with Crippen molar-refractivity contribution < 1.29 is 4.39 Å². The van der Waals surface area contributed by atoms with E-state index in [2.05, 4.69) is 25.7 Å². The smallest absolute Gasteiger partial charge is 0.136 e. The number of anilines is 1. The van der Waals surface area contributed by atoms with Crippen molar-refractivity contribution in [3.05, 3.63) is 60.2 Å². The molecule has 1 aliphatic rings. The molecule has 1 aliphatic heterocycles. The highest BCUT2D eigenvalue weighted by atomic mass is 19.1. The predicted molar refractivity (Wildman–Crippen MR) is 84.7 cm³/mol. The summed E-state index contributed by atoms with van der Waals surface area (Å²) >= 11 is 0. The van der Waals surface area contributed by atoms with Gasteiger partial charge < -0.3 is 5.73 Å². The van der Waals surface area contributed by atoms with E-state index < -0.39 is 0 Å². The Bertz CT molecular complexity index is 767. The molecule has 0 saturated heterocycles. The van der Waals surface area contributed by atoms with Crippen LogP contribution in [0, 0.1) is 5.82 Å². The first-order chi connectivity index (χ1) is 10.8. The van der Waals surface area contributed by atoms with E-state index in [0.717, 1.165) is 5.56 Å². The minimum absolute atomic E-state index is 0.210. The summed E-state index contributed by atoms with van der Waals surface area (Å²) in [6, 6.07) is 9.65. The second kappa shape index (κ2) is 6.23. The zero-order chi connectivity index (χ0) is 15.4. The maximum atomic E-state index is 13.2. The van der Waals surface area contributed by atoms with Gasteiger partial charge in [-0.3, -0.25) is 10.4 Å². The molecule has 3 N–H and O–H groups in total. The first-order valence-corrected chi connectivity index (χ1v) is 6.63. The highest BCUT2D eigenvalue weighted by Crippen LogP contribution is 2.12. The standard InChI is InChI=1S/C15H13FN6/c16-11-2-1-3-12(8-11)19-22-15-13(9-17)20-21-14(15)10-4-6-18-7-5-10/h1-8,19H,9,17H2. The molecule has 1 aromatic heterocycles. The molecule has 0 unspecified atom stereocenters. The highest BCUT2D eigenvalue weighted by molar-refractivity contribution is 6.73. The van der Waals surface area contributed by atoms with Crippen LogP contribution in [0.1, 0.15) is 5.56 Å². The SMILES string of the molecule is NCC1=NN=C(c2ccncc2)C1=NNc1cccc(F)c1. The number of hydrogen-bond donors (Lipinski definition) is 2. The van der Waals surface area contributed by atoms with Crippen LogP contribution in [-0.2, 0) is 0 Å². The van der Waals surface area contributed by atoms with Crippen LogP contribution in [0.2, 0.25) is 0 Å². The van der Waals surface area contributed by atoms with Gasteiger partial charge in [-0.05, 0) is 30.3 Å². The lowest BCUT2D eigenvalue weighted by Crippen LogP contribution is -2.28. The van der Waals surface area contributed by atoms with Crippen LogP contribution in [0.15, 0.2) is 64.1 Å². The Balaban J connectivity index is 1.89. The third-order valence-corrected chi connectivity index (χ3v) is 3.04. The number of hydrogen-bond acceptors (Lipinski definition) is 6. The summed E-state index contributed by atoms with van der Waals surface area (Å²) in [6.45, 7) is 0.210. The van der Waals surface area contributed by atoms with Gasteiger partial charge in [0, 0.05) is 24.5 Å². The average molecular weight is 296 g/mol. The third kappa shape index (κ3) is 2.89. The summed E-state index contributed by atoms with van der Waals surface area (Å²) < 4.78 is 13.2. The summed E-state index contributed by atoms with van der Waals surface area (Å²) in [5.41, 5.74) is 11.6. The van der Waals surface area contributed by atoms with Gasteiger partial charge in [-0.1, -0.05) is 6.07 Å². The number of pyridine rings is 1. The molecule has 6 nitrogen and oxygen atoms in total. The summed E-state index contributed by atoms with van der Waals surface area (Å²) in [7, 11) is 0. The summed E-state index contributed by atoms with van der Waals surface area (Å²) in [6.07, 6.45) is 3.33. The fourth-order valence-corrected chi connectivity index (χ4v) is 1.98. The topological polar surface area (TPSA) is 88.0 Å². The number of nitrogens with one attached hydrogen (secondary N) is 1. The first kappa shape index (κ1) is 14.0. The lowest BCUT2D eigenvalue weighted by atomic mass is 10.0. The van der Waals surface area contributed by atoms with E-state index in [1.807, 2.05) is 12.1 Å². The van der Waals surface area contributed by atoms with Crippen LogP contribution in [0.25, 0.3) is 0 Å². The zero-order valence-electron chi connectivity index (χ0n) is 11.6. The van der Waals surface area contributed by atoms with Crippen molar-refractivity contribution in [1.29, 1.82) is 0 Å². The number of halogens is 1. The Morgan fingerprint density at radius 3 is 2.68 bits per heavy atom. The highest BCUT2D eigenvalue weighted by Gasteiger charge is 2.22. The molecule has 3 rings (SSSR count). The van der Waals surface area contributed by atoms with Crippen LogP contribution in [0.5, 0.6) is 0 Å². The van der Waals surface area contributed by atoms with Gasteiger partial charge in [0.25, 0.3) is 0 Å². The lowest BCUT2D eigenvalue weighted by Gasteiger charge is -2.06. The number of benzene rings is 1. The van der Waals surface area contributed by atoms with E-state index in [0.29, 0.717) is 22.8 Å². The molecule has 22 heavy (non-hydrogen) atoms. The molecular formula is C15H13FN6. The molecule has 2 aromatic rings. The Morgan fingerprint density at radius 2 is 1.95 bits per heavy atom. The van der Waals surface area contributed by atoms with Gasteiger partial charge in [0.05, 0.1) is 5.69 Å². The molecule has 0 amide bonds. The van der Waals surface area contributed by atoms with Crippen LogP contribution < -0.4 is 11.2 Å². The summed E-state index contributed by atoms with van der Waals surface area (Å²) in [5.74, 6) is -0.340. The van der Waals surface area contributed by atoms with E-state index in [4.69, 9.17) is 5.73 Å². The fraction of sp³-hybridized carbons (Fsp3) is 0.0667. The molecule has 0 bridgehead atoms. The number of rotatable bonds is 4. The van der Waals surface area contributed by atoms with Crippen molar-refractivity contribution in [3.8, 4) is 0 Å². The number of aromatic nitrogens is 1. The molecule has 1 aromatic carbocycles. The van der Waals surface area contributed by atoms with Crippen LogP contribution in [0.4, 0.5) is 10.1 Å². The predicted octanol–water partition coefficient (Wildman–Crippen LogP) is 1.81. The Morgan fingerprint density at radius 1 is 1.14 bits per heavy atom. The lowest BCUT2D eigenvalue weighted by molar-refractivity contribution is 0.628. The van der Waals surface area contributed by atoms with E-state index in [9.17, 15) is 4.39 Å². The van der Waals surface area contributed by atoms with Crippen molar-refractivity contribution in [2.45, 2.75) is 0 Å². The maximum absolute atomic E-state index is 13.2. The molecular weight excluding hydrogens is 283 g/mol. The van der Waals surface area contributed by atoms with Gasteiger partial charge in [-0.25, -0.2) is 4.39 Å². The summed E-state index contributed by atoms with van der Waals surface area (Å²) in [4.78, 5) is 3.97. The average Bonchev–Trinajstić information content (AvgIpc) is 2.97. The minimum atomic E-state index is -0.340. The quantitative estimate of drug-likeness (QED) is 0.843. The largest absolute Gasteiger partial charge is 0.325 e. The molecule has 0 atom stereocenters. The maximum Gasteiger partial charge on any atom is 0.136 e. The van der Waals surface area contributed by atoms with Crippen LogP contribution in [0.3, 0.4) is 0 Å². The first-order valence-electron chi connectivity index (χ1n) is 6.63. The summed E-state index contributed by atoms with van der Waals surface area (Å²) in [5, 5.41) is 12.4. The van der Waals surface area contributed by atoms with Crippen molar-refractivity contribution in [2.24, 2.45) is 21.0 Å². The molecule has 7 heteroatoms. The normalized spacial score (nSPS) is 15.6. The molecule has 2 heterocycles. The van der Waals surface area contributed by atoms with E-state index in [-0.39, 0.29) is 12.4 Å². The number of hydrazone groups is 1. The Kier molecular flexibility index (Phi) is 3.97. The van der Waals surface area contributed by atoms with Gasteiger partial charge in [-0.2, -0.15) is 10.2 Å². The molecule has 110 valence electrons. The minimum Gasteiger partial charge on any atom is -0.325 e. The molecule has 0 aliphatic carbocycles. The second-order valence-corrected chi connectivity index (χ2v) is 4.52. The van der Waals surface area contributed by atoms with Crippen molar-refractivity contribution in [1.82, 2.24) is 4.98 Å². The molecule has 0 fully saturated rings. The zero-order valence-corrected chi connectivity index (χ0v) is 11.6. The second-order valence-electron chi connectivity index (χ2n) is 4.52. The third-order valence-electron chi connectivity index (χ3n) is 3.04. The molecule has 0 radical (unpaired) electrons. The van der Waals surface area contributed by atoms with Crippen LogP contribution in [-0.4, -0.2) is 28.7 Å². The van der Waals surface area contributed by atoms with Gasteiger partial charge in [-0.15, -0.1) is 5.10 Å². The van der Waals surface area contributed by atoms with E-state index in [1.54, 1.807) is 24.5 Å². The van der Waals surface area contributed by atoms with Crippen molar-refractivity contribution in [3.63, 3.8) is 0 Å². The van der Waals surface area contributed by atoms with Gasteiger partial charge in [0.15, 0.2) is 0 Å². The Labute approximate surface area is 126 Å². The Hall–Kier alpha value is -2.93.